The third kappa shape index (κ3) is 3.98. The minimum absolute atomic E-state index is 0.00385. The number of fused-ring (bicyclic) bond motifs is 9. The molecular formula is C45H28N2O2. The van der Waals surface area contributed by atoms with Crippen molar-refractivity contribution in [3.63, 3.8) is 0 Å². The molecule has 4 nitrogen and oxygen atoms in total. The highest BCUT2D eigenvalue weighted by Gasteiger charge is 2.31. The van der Waals surface area contributed by atoms with Gasteiger partial charge in [-0.05, 0) is 93.2 Å². The summed E-state index contributed by atoms with van der Waals surface area (Å²) in [4.78, 5) is 29.7. The third-order valence-electron chi connectivity index (χ3n) is 10.2. The Morgan fingerprint density at radius 2 is 0.939 bits per heavy atom. The number of benzene rings is 7. The van der Waals surface area contributed by atoms with Crippen LogP contribution in [0.25, 0.3) is 65.9 Å². The minimum Gasteiger partial charge on any atom is -0.309 e. The van der Waals surface area contributed by atoms with Gasteiger partial charge in [0.15, 0.2) is 0 Å². The van der Waals surface area contributed by atoms with E-state index in [0.29, 0.717) is 16.5 Å². The van der Waals surface area contributed by atoms with Crippen LogP contribution in [0.4, 0.5) is 0 Å². The van der Waals surface area contributed by atoms with Gasteiger partial charge in [-0.2, -0.15) is 0 Å². The number of hydrogen-bond donors (Lipinski definition) is 0. The molecule has 2 heterocycles. The van der Waals surface area contributed by atoms with Crippen LogP contribution in [0.1, 0.15) is 22.6 Å². The highest BCUT2D eigenvalue weighted by molar-refractivity contribution is 6.18. The van der Waals surface area contributed by atoms with E-state index < -0.39 is 0 Å². The number of nitrogens with zero attached hydrogens (tertiary/aromatic N) is 2. The second kappa shape index (κ2) is 10.5. The Morgan fingerprint density at radius 3 is 1.67 bits per heavy atom. The molecule has 230 valence electrons. The molecule has 1 aliphatic rings. The predicted octanol–water partition coefficient (Wildman–Crippen LogP) is 9.76. The van der Waals surface area contributed by atoms with Crippen molar-refractivity contribution in [1.29, 1.82) is 0 Å². The van der Waals surface area contributed by atoms with Crippen molar-refractivity contribution in [2.24, 2.45) is 0 Å². The zero-order chi connectivity index (χ0) is 32.6. The fraction of sp³-hybridized carbons (Fsp3) is 0.0222. The van der Waals surface area contributed by atoms with Crippen LogP contribution in [-0.2, 0) is 0 Å². The molecular weight excluding hydrogens is 601 g/mol. The maximum atomic E-state index is 14.9. The highest BCUT2D eigenvalue weighted by atomic mass is 16.2. The normalized spacial score (nSPS) is 13.7. The lowest BCUT2D eigenvalue weighted by Crippen LogP contribution is -2.28. The van der Waals surface area contributed by atoms with E-state index in [1.807, 2.05) is 72.8 Å². The van der Waals surface area contributed by atoms with E-state index in [1.54, 1.807) is 0 Å². The van der Waals surface area contributed by atoms with Gasteiger partial charge in [0, 0.05) is 27.8 Å². The summed E-state index contributed by atoms with van der Waals surface area (Å²) in [5.74, 6) is 0.00385. The van der Waals surface area contributed by atoms with Crippen LogP contribution in [0.15, 0.2) is 173 Å². The largest absolute Gasteiger partial charge is 0.309 e. The molecule has 1 unspecified atom stereocenters. The van der Waals surface area contributed by atoms with Gasteiger partial charge >= 0.3 is 0 Å². The predicted molar refractivity (Wildman–Crippen MR) is 200 cm³/mol. The van der Waals surface area contributed by atoms with Crippen molar-refractivity contribution in [3.8, 4) is 22.5 Å². The molecule has 10 rings (SSSR count). The Balaban J connectivity index is 1.42. The number of para-hydroxylation sites is 3. The smallest absolute Gasteiger partial charge is 0.266 e. The summed E-state index contributed by atoms with van der Waals surface area (Å²) in [5.41, 5.74) is 8.55. The van der Waals surface area contributed by atoms with E-state index in [2.05, 4.69) is 95.6 Å². The summed E-state index contributed by atoms with van der Waals surface area (Å²) in [6.45, 7) is 0. The van der Waals surface area contributed by atoms with Crippen molar-refractivity contribution in [2.45, 2.75) is 5.92 Å². The fourth-order valence-electron chi connectivity index (χ4n) is 8.07. The van der Waals surface area contributed by atoms with E-state index >= 15 is 0 Å². The first-order chi connectivity index (χ1) is 24.2. The van der Waals surface area contributed by atoms with E-state index in [-0.39, 0.29) is 17.0 Å². The first-order valence-electron chi connectivity index (χ1n) is 16.6. The maximum absolute atomic E-state index is 14.9. The van der Waals surface area contributed by atoms with Crippen LogP contribution in [0.5, 0.6) is 0 Å². The Kier molecular flexibility index (Phi) is 5.91. The van der Waals surface area contributed by atoms with Crippen molar-refractivity contribution < 1.29 is 0 Å². The number of rotatable bonds is 3. The van der Waals surface area contributed by atoms with Crippen molar-refractivity contribution >= 4 is 43.4 Å². The molecule has 0 saturated heterocycles. The molecule has 0 amide bonds. The zero-order valence-electron chi connectivity index (χ0n) is 26.4. The topological polar surface area (TPSA) is 44.0 Å². The number of hydrogen-bond acceptors (Lipinski definition) is 2. The average Bonchev–Trinajstić information content (AvgIpc) is 3.64. The Labute approximate surface area is 281 Å². The molecule has 4 heteroatoms. The molecule has 1 aliphatic carbocycles. The summed E-state index contributed by atoms with van der Waals surface area (Å²) in [5, 5.41) is 4.67. The molecule has 9 aromatic rings. The molecule has 1 atom stereocenters. The van der Waals surface area contributed by atoms with Crippen LogP contribution in [0.3, 0.4) is 0 Å². The van der Waals surface area contributed by atoms with Gasteiger partial charge in [-0.15, -0.1) is 0 Å². The van der Waals surface area contributed by atoms with Gasteiger partial charge in [-0.25, -0.2) is 4.57 Å². The van der Waals surface area contributed by atoms with Gasteiger partial charge in [0.25, 0.3) is 11.1 Å². The first-order valence-corrected chi connectivity index (χ1v) is 16.6. The summed E-state index contributed by atoms with van der Waals surface area (Å²) in [6.07, 6.45) is 0. The molecule has 0 saturated carbocycles. The van der Waals surface area contributed by atoms with Crippen molar-refractivity contribution in [3.05, 3.63) is 201 Å². The molecule has 49 heavy (non-hydrogen) atoms. The highest BCUT2D eigenvalue weighted by Crippen LogP contribution is 2.49. The summed E-state index contributed by atoms with van der Waals surface area (Å²) in [7, 11) is 0. The molecule has 0 N–H and O–H groups in total. The van der Waals surface area contributed by atoms with Crippen LogP contribution in [-0.4, -0.2) is 9.13 Å². The van der Waals surface area contributed by atoms with Gasteiger partial charge in [0.1, 0.15) is 0 Å². The van der Waals surface area contributed by atoms with Crippen LogP contribution in [0, 0.1) is 0 Å². The van der Waals surface area contributed by atoms with Crippen LogP contribution in [0.2, 0.25) is 0 Å². The monoisotopic (exact) mass is 628 g/mol. The van der Waals surface area contributed by atoms with Gasteiger partial charge in [0.2, 0.25) is 0 Å². The van der Waals surface area contributed by atoms with Gasteiger partial charge in [0.05, 0.1) is 22.1 Å². The molecule has 7 aromatic carbocycles. The Bertz CT molecular complexity index is 2910. The van der Waals surface area contributed by atoms with E-state index in [9.17, 15) is 9.59 Å². The van der Waals surface area contributed by atoms with E-state index in [0.717, 1.165) is 55.0 Å². The zero-order valence-corrected chi connectivity index (χ0v) is 26.4. The fourth-order valence-corrected chi connectivity index (χ4v) is 8.07. The summed E-state index contributed by atoms with van der Waals surface area (Å²) >= 11 is 0. The lowest BCUT2D eigenvalue weighted by atomic mass is 9.88. The molecule has 0 aliphatic heterocycles. The SMILES string of the molecule is O=c1c2cc3c(cc2c2cc4c5ccccc5n(-c5ccccc5)c4cc2c(=O)n1-c1ccccc1)C(c1ccccc1)c1ccccc1-3. The van der Waals surface area contributed by atoms with Crippen molar-refractivity contribution in [2.75, 3.05) is 0 Å². The van der Waals surface area contributed by atoms with Crippen LogP contribution >= 0.6 is 0 Å². The second-order valence-electron chi connectivity index (χ2n) is 12.8. The molecule has 0 spiro atoms. The Morgan fingerprint density at radius 1 is 0.367 bits per heavy atom. The maximum Gasteiger partial charge on any atom is 0.266 e. The lowest BCUT2D eigenvalue weighted by Gasteiger charge is -2.14. The Hall–Kier alpha value is -6.52. The lowest BCUT2D eigenvalue weighted by molar-refractivity contribution is 0.975. The molecule has 2 aromatic heterocycles. The van der Waals surface area contributed by atoms with Crippen molar-refractivity contribution in [1.82, 2.24) is 9.13 Å². The average molecular weight is 629 g/mol. The molecule has 0 bridgehead atoms. The van der Waals surface area contributed by atoms with Gasteiger partial charge in [-0.3, -0.25) is 9.59 Å². The third-order valence-corrected chi connectivity index (χ3v) is 10.2. The minimum atomic E-state index is -0.339. The standard InChI is InChI=1S/C45H28N2O2/c48-44-39-26-34-31-20-10-11-22-33(31)43(28-14-4-1-5-15-28)38(34)25-36(39)35-24-37-32-21-12-13-23-41(32)46(29-16-6-2-7-17-29)42(37)27-40(35)45(49)47(44)30-18-8-3-9-19-30/h1-27,43H. The van der Waals surface area contributed by atoms with Crippen LogP contribution < -0.4 is 11.1 Å². The van der Waals surface area contributed by atoms with E-state index in [4.69, 9.17) is 0 Å². The number of aromatic nitrogens is 2. The first kappa shape index (κ1) is 27.6. The summed E-state index contributed by atoms with van der Waals surface area (Å²) < 4.78 is 3.57. The second-order valence-corrected chi connectivity index (χ2v) is 12.8. The quantitative estimate of drug-likeness (QED) is 0.196. The van der Waals surface area contributed by atoms with E-state index in [1.165, 1.54) is 15.7 Å². The van der Waals surface area contributed by atoms with Gasteiger partial charge < -0.3 is 4.57 Å². The van der Waals surface area contributed by atoms with Gasteiger partial charge in [-0.1, -0.05) is 109 Å². The molecule has 0 radical (unpaired) electrons. The molecule has 0 fully saturated rings. The summed E-state index contributed by atoms with van der Waals surface area (Å²) in [6, 6.07) is 55.2.